The summed E-state index contributed by atoms with van der Waals surface area (Å²) in [7, 11) is -2.36. The molecule has 0 bridgehead atoms. The maximum atomic E-state index is 12.4. The molecule has 0 saturated heterocycles. The Bertz CT molecular complexity index is 874. The fraction of sp³-hybridized carbons (Fsp3) is 0.278. The van der Waals surface area contributed by atoms with Crippen molar-refractivity contribution in [3.63, 3.8) is 0 Å². The molecule has 1 amide bonds. The van der Waals surface area contributed by atoms with E-state index in [1.807, 2.05) is 24.3 Å². The number of likely N-dealkylation sites (N-methyl/N-ethyl adjacent to an activating group) is 1. The standard InChI is InChI=1S/C18H20Cl2N2O3S2/c1-22(27(24,25)16-8-6-15(19)7-9-16)12-18(23)21-10-11-26-13-14-4-2-3-5-17(14)20/h2-9H,10-13H2,1H3,(H,21,23). The summed E-state index contributed by atoms with van der Waals surface area (Å²) in [5.74, 6) is 1.10. The van der Waals surface area contributed by atoms with Crippen LogP contribution in [0.25, 0.3) is 0 Å². The number of hydrogen-bond donors (Lipinski definition) is 1. The van der Waals surface area contributed by atoms with E-state index in [2.05, 4.69) is 5.32 Å². The number of carbonyl (C=O) groups is 1. The number of hydrogen-bond acceptors (Lipinski definition) is 4. The van der Waals surface area contributed by atoms with Gasteiger partial charge in [-0.2, -0.15) is 16.1 Å². The highest BCUT2D eigenvalue weighted by molar-refractivity contribution is 7.98. The molecule has 0 fully saturated rings. The Morgan fingerprint density at radius 1 is 1.11 bits per heavy atom. The Labute approximate surface area is 174 Å². The van der Waals surface area contributed by atoms with Gasteiger partial charge in [-0.25, -0.2) is 8.42 Å². The average Bonchev–Trinajstić information content (AvgIpc) is 2.63. The van der Waals surface area contributed by atoms with E-state index in [0.29, 0.717) is 17.3 Å². The van der Waals surface area contributed by atoms with Gasteiger partial charge in [-0.05, 0) is 35.9 Å². The Balaban J connectivity index is 1.75. The van der Waals surface area contributed by atoms with Crippen LogP contribution in [0.15, 0.2) is 53.4 Å². The summed E-state index contributed by atoms with van der Waals surface area (Å²) in [6.45, 7) is 0.197. The maximum absolute atomic E-state index is 12.4. The highest BCUT2D eigenvalue weighted by atomic mass is 35.5. The first-order valence-corrected chi connectivity index (χ1v) is 11.5. The third-order valence-electron chi connectivity index (χ3n) is 3.67. The first kappa shape index (κ1) is 22.0. The lowest BCUT2D eigenvalue weighted by Crippen LogP contribution is -2.39. The zero-order valence-electron chi connectivity index (χ0n) is 14.7. The second-order valence-electron chi connectivity index (χ2n) is 5.71. The van der Waals surface area contributed by atoms with Gasteiger partial charge in [0.15, 0.2) is 0 Å². The van der Waals surface area contributed by atoms with Gasteiger partial charge in [0.1, 0.15) is 0 Å². The Morgan fingerprint density at radius 2 is 1.78 bits per heavy atom. The second-order valence-corrected chi connectivity index (χ2v) is 9.70. The van der Waals surface area contributed by atoms with Gasteiger partial charge < -0.3 is 5.32 Å². The predicted octanol–water partition coefficient (Wildman–Crippen LogP) is 3.66. The molecule has 9 heteroatoms. The molecular formula is C18H20Cl2N2O3S2. The van der Waals surface area contributed by atoms with Crippen LogP contribution in [0, 0.1) is 0 Å². The molecule has 2 aromatic rings. The lowest BCUT2D eigenvalue weighted by atomic mass is 10.2. The molecule has 0 aliphatic heterocycles. The van der Waals surface area contributed by atoms with E-state index in [9.17, 15) is 13.2 Å². The summed E-state index contributed by atoms with van der Waals surface area (Å²) in [4.78, 5) is 12.1. The van der Waals surface area contributed by atoms with E-state index in [1.165, 1.54) is 31.3 Å². The number of halogens is 2. The van der Waals surface area contributed by atoms with Crippen LogP contribution < -0.4 is 5.32 Å². The largest absolute Gasteiger partial charge is 0.354 e. The van der Waals surface area contributed by atoms with Crippen molar-refractivity contribution in [3.05, 3.63) is 64.1 Å². The summed E-state index contributed by atoms with van der Waals surface area (Å²) in [5, 5.41) is 3.90. The molecule has 0 aliphatic carbocycles. The minimum atomic E-state index is -3.73. The number of nitrogens with zero attached hydrogens (tertiary/aromatic N) is 1. The van der Waals surface area contributed by atoms with Crippen LogP contribution >= 0.6 is 35.0 Å². The van der Waals surface area contributed by atoms with Crippen molar-refractivity contribution >= 4 is 50.9 Å². The molecule has 27 heavy (non-hydrogen) atoms. The Morgan fingerprint density at radius 3 is 2.44 bits per heavy atom. The Kier molecular flexibility index (Phi) is 8.44. The summed E-state index contributed by atoms with van der Waals surface area (Å²) >= 11 is 13.5. The minimum absolute atomic E-state index is 0.0949. The topological polar surface area (TPSA) is 66.5 Å². The number of amides is 1. The van der Waals surface area contributed by atoms with Gasteiger partial charge in [-0.15, -0.1) is 0 Å². The van der Waals surface area contributed by atoms with Crippen LogP contribution in [-0.2, 0) is 20.6 Å². The van der Waals surface area contributed by atoms with Crippen molar-refractivity contribution in [2.24, 2.45) is 0 Å². The zero-order chi connectivity index (χ0) is 19.9. The maximum Gasteiger partial charge on any atom is 0.243 e. The van der Waals surface area contributed by atoms with E-state index < -0.39 is 10.0 Å². The van der Waals surface area contributed by atoms with Crippen LogP contribution in [0.4, 0.5) is 0 Å². The quantitative estimate of drug-likeness (QED) is 0.596. The summed E-state index contributed by atoms with van der Waals surface area (Å²) in [6.07, 6.45) is 0. The molecule has 2 rings (SSSR count). The van der Waals surface area contributed by atoms with Gasteiger partial charge in [0.05, 0.1) is 11.4 Å². The lowest BCUT2D eigenvalue weighted by Gasteiger charge is -2.17. The number of sulfonamides is 1. The molecule has 0 aliphatic rings. The van der Waals surface area contributed by atoms with Gasteiger partial charge in [-0.1, -0.05) is 41.4 Å². The summed E-state index contributed by atoms with van der Waals surface area (Å²) < 4.78 is 25.9. The smallest absolute Gasteiger partial charge is 0.243 e. The molecular weight excluding hydrogens is 427 g/mol. The predicted molar refractivity (Wildman–Crippen MR) is 112 cm³/mol. The van der Waals surface area contributed by atoms with Crippen molar-refractivity contribution < 1.29 is 13.2 Å². The van der Waals surface area contributed by atoms with Gasteiger partial charge in [0.25, 0.3) is 0 Å². The Hall–Kier alpha value is -1.25. The fourth-order valence-electron chi connectivity index (χ4n) is 2.19. The second kappa shape index (κ2) is 10.3. The lowest BCUT2D eigenvalue weighted by molar-refractivity contribution is -0.121. The monoisotopic (exact) mass is 446 g/mol. The van der Waals surface area contributed by atoms with Crippen molar-refractivity contribution in [1.29, 1.82) is 0 Å². The number of nitrogens with one attached hydrogen (secondary N) is 1. The number of rotatable bonds is 9. The number of carbonyl (C=O) groups excluding carboxylic acids is 1. The van der Waals surface area contributed by atoms with Crippen LogP contribution in [0.2, 0.25) is 10.0 Å². The van der Waals surface area contributed by atoms with E-state index >= 15 is 0 Å². The fourth-order valence-corrected chi connectivity index (χ4v) is 4.59. The van der Waals surface area contributed by atoms with Crippen LogP contribution in [0.3, 0.4) is 0 Å². The normalized spacial score (nSPS) is 11.6. The average molecular weight is 447 g/mol. The number of benzene rings is 2. The van der Waals surface area contributed by atoms with Crippen LogP contribution in [0.5, 0.6) is 0 Å². The van der Waals surface area contributed by atoms with Crippen molar-refractivity contribution in [2.45, 2.75) is 10.6 Å². The van der Waals surface area contributed by atoms with E-state index in [1.54, 1.807) is 11.8 Å². The van der Waals surface area contributed by atoms with Gasteiger partial charge in [0, 0.05) is 35.1 Å². The van der Waals surface area contributed by atoms with Crippen molar-refractivity contribution in [3.8, 4) is 0 Å². The SMILES string of the molecule is CN(CC(=O)NCCSCc1ccccc1Cl)S(=O)(=O)c1ccc(Cl)cc1. The van der Waals surface area contributed by atoms with Gasteiger partial charge >= 0.3 is 0 Å². The van der Waals surface area contributed by atoms with Gasteiger partial charge in [0.2, 0.25) is 15.9 Å². The van der Waals surface area contributed by atoms with E-state index in [4.69, 9.17) is 23.2 Å². The highest BCUT2D eigenvalue weighted by Gasteiger charge is 2.22. The summed E-state index contributed by atoms with van der Waals surface area (Å²) in [6, 6.07) is 13.4. The molecule has 0 atom stereocenters. The third-order valence-corrected chi connectivity index (χ3v) is 7.12. The highest BCUT2D eigenvalue weighted by Crippen LogP contribution is 2.20. The minimum Gasteiger partial charge on any atom is -0.354 e. The van der Waals surface area contributed by atoms with Crippen LogP contribution in [0.1, 0.15) is 5.56 Å². The molecule has 0 radical (unpaired) electrons. The molecule has 1 N–H and O–H groups in total. The summed E-state index contributed by atoms with van der Waals surface area (Å²) in [5.41, 5.74) is 1.05. The molecule has 0 heterocycles. The van der Waals surface area contributed by atoms with Crippen LogP contribution in [-0.4, -0.2) is 44.5 Å². The first-order chi connectivity index (χ1) is 12.8. The first-order valence-electron chi connectivity index (χ1n) is 8.10. The zero-order valence-corrected chi connectivity index (χ0v) is 17.8. The van der Waals surface area contributed by atoms with E-state index in [0.717, 1.165) is 20.6 Å². The number of thioether (sulfide) groups is 1. The molecule has 5 nitrogen and oxygen atoms in total. The van der Waals surface area contributed by atoms with E-state index in [-0.39, 0.29) is 17.3 Å². The molecule has 0 saturated carbocycles. The van der Waals surface area contributed by atoms with Gasteiger partial charge in [-0.3, -0.25) is 4.79 Å². The molecule has 0 unspecified atom stereocenters. The molecule has 0 aromatic heterocycles. The molecule has 0 spiro atoms. The van der Waals surface area contributed by atoms with Crippen molar-refractivity contribution in [2.75, 3.05) is 25.9 Å². The molecule has 2 aromatic carbocycles. The molecule has 146 valence electrons. The van der Waals surface area contributed by atoms with Crippen molar-refractivity contribution in [1.82, 2.24) is 9.62 Å². The third kappa shape index (κ3) is 6.69.